The molecule has 96 valence electrons. The molecule has 0 fully saturated rings. The summed E-state index contributed by atoms with van der Waals surface area (Å²) in [6.45, 7) is 2.46. The molecule has 0 aromatic heterocycles. The molecule has 1 rings (SSSR count). The van der Waals surface area contributed by atoms with Gasteiger partial charge in [-0.1, -0.05) is 29.3 Å². The summed E-state index contributed by atoms with van der Waals surface area (Å²) >= 11 is 3.35. The highest BCUT2D eigenvalue weighted by Crippen LogP contribution is 2.13. The minimum absolute atomic E-state index is 0.197. The van der Waals surface area contributed by atoms with Crippen LogP contribution in [0.4, 0.5) is 5.69 Å². The van der Waals surface area contributed by atoms with Gasteiger partial charge in [0.25, 0.3) is 0 Å². The number of halogens is 1. The van der Waals surface area contributed by atoms with Crippen molar-refractivity contribution in [2.45, 2.75) is 19.8 Å². The third-order valence-corrected chi connectivity index (χ3v) is 4.66. The van der Waals surface area contributed by atoms with Gasteiger partial charge in [0.15, 0.2) is 9.84 Å². The van der Waals surface area contributed by atoms with Crippen molar-refractivity contribution in [3.8, 4) is 0 Å². The molecule has 17 heavy (non-hydrogen) atoms. The average Bonchev–Trinajstić information content (AvgIpc) is 2.29. The van der Waals surface area contributed by atoms with E-state index < -0.39 is 9.84 Å². The van der Waals surface area contributed by atoms with E-state index in [0.29, 0.717) is 12.3 Å². The lowest BCUT2D eigenvalue weighted by Crippen LogP contribution is -2.18. The van der Waals surface area contributed by atoms with Gasteiger partial charge in [-0.3, -0.25) is 0 Å². The maximum Gasteiger partial charge on any atom is 0.152 e. The van der Waals surface area contributed by atoms with Crippen LogP contribution in [0.5, 0.6) is 0 Å². The molecule has 0 amide bonds. The van der Waals surface area contributed by atoms with Gasteiger partial charge in [0, 0.05) is 16.7 Å². The van der Waals surface area contributed by atoms with Crippen molar-refractivity contribution in [2.75, 3.05) is 23.4 Å². The monoisotopic (exact) mass is 319 g/mol. The van der Waals surface area contributed by atoms with E-state index in [9.17, 15) is 8.42 Å². The Morgan fingerprint density at radius 3 is 2.41 bits per heavy atom. The summed E-state index contributed by atoms with van der Waals surface area (Å²) in [7, 11) is -2.89. The van der Waals surface area contributed by atoms with Crippen molar-refractivity contribution in [3.63, 3.8) is 0 Å². The topological polar surface area (TPSA) is 46.2 Å². The molecule has 3 nitrogen and oxygen atoms in total. The minimum Gasteiger partial charge on any atom is -0.384 e. The SMILES string of the molecule is CCCCS(=O)(=O)CCNc1ccc(Br)cc1. The van der Waals surface area contributed by atoms with Crippen LogP contribution in [0, 0.1) is 0 Å². The average molecular weight is 320 g/mol. The summed E-state index contributed by atoms with van der Waals surface area (Å²) in [5, 5.41) is 3.10. The van der Waals surface area contributed by atoms with Gasteiger partial charge in [-0.15, -0.1) is 0 Å². The third kappa shape index (κ3) is 6.07. The zero-order chi connectivity index (χ0) is 12.7. The molecule has 0 aliphatic heterocycles. The molecule has 1 aromatic rings. The lowest BCUT2D eigenvalue weighted by atomic mass is 10.3. The van der Waals surface area contributed by atoms with Crippen LogP contribution >= 0.6 is 15.9 Å². The van der Waals surface area contributed by atoms with Crippen molar-refractivity contribution < 1.29 is 8.42 Å². The van der Waals surface area contributed by atoms with Crippen molar-refractivity contribution in [1.82, 2.24) is 0 Å². The van der Waals surface area contributed by atoms with E-state index in [4.69, 9.17) is 0 Å². The van der Waals surface area contributed by atoms with Crippen molar-refractivity contribution >= 4 is 31.5 Å². The van der Waals surface area contributed by atoms with Crippen LogP contribution in [0.2, 0.25) is 0 Å². The Kier molecular flexibility index (Phi) is 5.98. The first kappa shape index (κ1) is 14.5. The lowest BCUT2D eigenvalue weighted by Gasteiger charge is -2.07. The Hall–Kier alpha value is -0.550. The van der Waals surface area contributed by atoms with Gasteiger partial charge in [-0.05, 0) is 30.7 Å². The zero-order valence-electron chi connectivity index (χ0n) is 9.95. The third-order valence-electron chi connectivity index (χ3n) is 2.40. The van der Waals surface area contributed by atoms with Gasteiger partial charge in [0.2, 0.25) is 0 Å². The Bertz CT molecular complexity index is 428. The molecule has 1 aromatic carbocycles. The molecule has 0 unspecified atom stereocenters. The molecular formula is C12H18BrNO2S. The maximum absolute atomic E-state index is 11.6. The molecule has 0 radical (unpaired) electrons. The predicted molar refractivity (Wildman–Crippen MR) is 76.2 cm³/mol. The second-order valence-electron chi connectivity index (χ2n) is 3.94. The Labute approximate surface area is 112 Å². The van der Waals surface area contributed by atoms with Crippen LogP contribution in [0.3, 0.4) is 0 Å². The van der Waals surface area contributed by atoms with Crippen LogP contribution in [0.1, 0.15) is 19.8 Å². The van der Waals surface area contributed by atoms with Gasteiger partial charge in [-0.25, -0.2) is 8.42 Å². The number of hydrogen-bond donors (Lipinski definition) is 1. The number of unbranched alkanes of at least 4 members (excludes halogenated alkanes) is 1. The Morgan fingerprint density at radius 1 is 1.18 bits per heavy atom. The van der Waals surface area contributed by atoms with Gasteiger partial charge < -0.3 is 5.32 Å². The molecule has 0 spiro atoms. The van der Waals surface area contributed by atoms with Gasteiger partial charge >= 0.3 is 0 Å². The van der Waals surface area contributed by atoms with Crippen LogP contribution in [-0.2, 0) is 9.84 Å². The summed E-state index contributed by atoms with van der Waals surface area (Å²) < 4.78 is 24.2. The number of anilines is 1. The second-order valence-corrected chi connectivity index (χ2v) is 7.16. The molecule has 0 aliphatic carbocycles. The summed E-state index contributed by atoms with van der Waals surface area (Å²) in [5.74, 6) is 0.495. The smallest absolute Gasteiger partial charge is 0.152 e. The fourth-order valence-corrected chi connectivity index (χ4v) is 2.99. The van der Waals surface area contributed by atoms with E-state index in [1.54, 1.807) is 0 Å². The van der Waals surface area contributed by atoms with Crippen LogP contribution in [0.25, 0.3) is 0 Å². The lowest BCUT2D eigenvalue weighted by molar-refractivity contribution is 0.593. The second kappa shape index (κ2) is 7.01. The Morgan fingerprint density at radius 2 is 1.82 bits per heavy atom. The standard InChI is InChI=1S/C12H18BrNO2S/c1-2-3-9-17(15,16)10-8-14-12-6-4-11(13)5-7-12/h4-7,14H,2-3,8-10H2,1H3. The summed E-state index contributed by atoms with van der Waals surface area (Å²) in [6.07, 6.45) is 1.67. The first-order valence-electron chi connectivity index (χ1n) is 5.73. The number of nitrogens with one attached hydrogen (secondary N) is 1. The van der Waals surface area contributed by atoms with Gasteiger partial charge in [0.1, 0.15) is 0 Å². The van der Waals surface area contributed by atoms with Crippen molar-refractivity contribution in [3.05, 3.63) is 28.7 Å². The quantitative estimate of drug-likeness (QED) is 0.840. The molecule has 1 N–H and O–H groups in total. The van der Waals surface area contributed by atoms with Crippen LogP contribution in [-0.4, -0.2) is 26.5 Å². The largest absolute Gasteiger partial charge is 0.384 e. The van der Waals surface area contributed by atoms with Crippen molar-refractivity contribution in [1.29, 1.82) is 0 Å². The summed E-state index contributed by atoms with van der Waals surface area (Å²) in [4.78, 5) is 0. The molecular weight excluding hydrogens is 302 g/mol. The van der Waals surface area contributed by atoms with E-state index in [0.717, 1.165) is 23.0 Å². The normalized spacial score (nSPS) is 11.4. The molecule has 0 heterocycles. The molecule has 0 bridgehead atoms. The number of sulfone groups is 1. The van der Waals surface area contributed by atoms with E-state index in [1.807, 2.05) is 31.2 Å². The summed E-state index contributed by atoms with van der Waals surface area (Å²) in [6, 6.07) is 7.69. The first-order chi connectivity index (χ1) is 8.03. The number of hydrogen-bond acceptors (Lipinski definition) is 3. The zero-order valence-corrected chi connectivity index (χ0v) is 12.4. The maximum atomic E-state index is 11.6. The predicted octanol–water partition coefficient (Wildman–Crippen LogP) is 3.08. The molecule has 0 atom stereocenters. The molecule has 0 saturated heterocycles. The highest BCUT2D eigenvalue weighted by molar-refractivity contribution is 9.10. The number of benzene rings is 1. The van der Waals surface area contributed by atoms with E-state index >= 15 is 0 Å². The van der Waals surface area contributed by atoms with Gasteiger partial charge in [-0.2, -0.15) is 0 Å². The minimum atomic E-state index is -2.89. The van der Waals surface area contributed by atoms with Crippen LogP contribution in [0.15, 0.2) is 28.7 Å². The van der Waals surface area contributed by atoms with Gasteiger partial charge in [0.05, 0.1) is 11.5 Å². The molecule has 5 heteroatoms. The van der Waals surface area contributed by atoms with E-state index in [2.05, 4.69) is 21.2 Å². The fraction of sp³-hybridized carbons (Fsp3) is 0.500. The molecule has 0 aliphatic rings. The first-order valence-corrected chi connectivity index (χ1v) is 8.35. The highest BCUT2D eigenvalue weighted by Gasteiger charge is 2.08. The fourth-order valence-electron chi connectivity index (χ4n) is 1.38. The van der Waals surface area contributed by atoms with E-state index in [-0.39, 0.29) is 5.75 Å². The molecule has 0 saturated carbocycles. The van der Waals surface area contributed by atoms with E-state index in [1.165, 1.54) is 0 Å². The van der Waals surface area contributed by atoms with Crippen LogP contribution < -0.4 is 5.32 Å². The van der Waals surface area contributed by atoms with Crippen molar-refractivity contribution in [2.24, 2.45) is 0 Å². The number of rotatable bonds is 7. The summed E-state index contributed by atoms with van der Waals surface area (Å²) in [5.41, 5.74) is 0.943. The highest BCUT2D eigenvalue weighted by atomic mass is 79.9. The Balaban J connectivity index is 2.34.